The summed E-state index contributed by atoms with van der Waals surface area (Å²) < 4.78 is 0. The van der Waals surface area contributed by atoms with Gasteiger partial charge in [0.2, 0.25) is 0 Å². The molecular weight excluding hydrogens is 685 g/mol. The molecule has 0 spiro atoms. The second-order valence-corrected chi connectivity index (χ2v) is 8.73. The first-order chi connectivity index (χ1) is 19.6. The van der Waals surface area contributed by atoms with Gasteiger partial charge in [0, 0.05) is 38.7 Å². The summed E-state index contributed by atoms with van der Waals surface area (Å²) in [5, 5.41) is 9.41. The Balaban J connectivity index is 0.000000169. The van der Waals surface area contributed by atoms with Crippen LogP contribution in [0, 0.1) is 26.0 Å². The standard InChI is InChI=1S/C13H13N2O.2C11H8N.Ir/c1-9-6-12(16)7-10(2)13(9)15-8-11-4-3-5-14-11;2*1-2-6-10(7-3-1)11-8-4-5-9-12-11;/h3-8H,1-2H3,(H-,14,15,16);2*1-6,8-9H;/q3*-1;. The summed E-state index contributed by atoms with van der Waals surface area (Å²) >= 11 is 0. The molecule has 5 nitrogen and oxygen atoms in total. The van der Waals surface area contributed by atoms with E-state index in [4.69, 9.17) is 0 Å². The number of phenolic OH excluding ortho intramolecular Hbond substituents is 1. The molecule has 0 aliphatic heterocycles. The van der Waals surface area contributed by atoms with Gasteiger partial charge in [-0.25, -0.2) is 0 Å². The van der Waals surface area contributed by atoms with Crippen molar-refractivity contribution in [2.75, 3.05) is 0 Å². The number of phenols is 1. The third-order valence-electron chi connectivity index (χ3n) is 5.68. The van der Waals surface area contributed by atoms with E-state index in [1.54, 1.807) is 36.9 Å². The molecule has 0 aliphatic carbocycles. The van der Waals surface area contributed by atoms with Gasteiger partial charge in [0.25, 0.3) is 0 Å². The van der Waals surface area contributed by atoms with E-state index in [9.17, 15) is 5.11 Å². The van der Waals surface area contributed by atoms with Gasteiger partial charge in [0.1, 0.15) is 5.75 Å². The fourth-order valence-corrected chi connectivity index (χ4v) is 3.81. The first kappa shape index (κ1) is 30.9. The molecule has 41 heavy (non-hydrogen) atoms. The Bertz CT molecular complexity index is 1420. The Morgan fingerprint density at radius 2 is 1.24 bits per heavy atom. The summed E-state index contributed by atoms with van der Waals surface area (Å²) in [4.78, 5) is 16.9. The number of aryl methyl sites for hydroxylation is 2. The molecule has 0 atom stereocenters. The van der Waals surface area contributed by atoms with Crippen molar-refractivity contribution in [3.8, 4) is 28.3 Å². The molecule has 0 bridgehead atoms. The maximum absolute atomic E-state index is 9.41. The maximum Gasteiger partial charge on any atom is 0.116 e. The zero-order chi connectivity index (χ0) is 28.0. The van der Waals surface area contributed by atoms with Crippen molar-refractivity contribution in [1.82, 2.24) is 15.0 Å². The summed E-state index contributed by atoms with van der Waals surface area (Å²) in [6, 6.07) is 40.8. The monoisotopic (exact) mass is 714 g/mol. The first-order valence-electron chi connectivity index (χ1n) is 12.8. The summed E-state index contributed by atoms with van der Waals surface area (Å²) in [6.45, 7) is 3.86. The average Bonchev–Trinajstić information content (AvgIpc) is 3.53. The predicted molar refractivity (Wildman–Crippen MR) is 162 cm³/mol. The second kappa shape index (κ2) is 16.5. The largest absolute Gasteiger partial charge is 0.663 e. The zero-order valence-electron chi connectivity index (χ0n) is 22.8. The van der Waals surface area contributed by atoms with E-state index in [1.807, 2.05) is 111 Å². The summed E-state index contributed by atoms with van der Waals surface area (Å²) in [6.07, 6.45) is 7.04. The van der Waals surface area contributed by atoms with Crippen LogP contribution in [0.3, 0.4) is 0 Å². The van der Waals surface area contributed by atoms with Gasteiger partial charge in [-0.15, -0.1) is 77.5 Å². The molecule has 0 amide bonds. The average molecular weight is 714 g/mol. The molecule has 6 aromatic rings. The summed E-state index contributed by atoms with van der Waals surface area (Å²) in [5.41, 5.74) is 7.67. The molecule has 0 fully saturated rings. The van der Waals surface area contributed by atoms with Crippen molar-refractivity contribution < 1.29 is 25.2 Å². The van der Waals surface area contributed by atoms with Crippen molar-refractivity contribution in [1.29, 1.82) is 0 Å². The third-order valence-corrected chi connectivity index (χ3v) is 5.68. The number of aromatic nitrogens is 3. The van der Waals surface area contributed by atoms with E-state index in [0.717, 1.165) is 45.0 Å². The second-order valence-electron chi connectivity index (χ2n) is 8.73. The van der Waals surface area contributed by atoms with Crippen LogP contribution in [-0.4, -0.2) is 21.3 Å². The summed E-state index contributed by atoms with van der Waals surface area (Å²) in [7, 11) is 0. The molecule has 0 aliphatic rings. The van der Waals surface area contributed by atoms with Crippen LogP contribution < -0.4 is 4.98 Å². The molecule has 0 unspecified atom stereocenters. The van der Waals surface area contributed by atoms with Crippen molar-refractivity contribution in [3.63, 3.8) is 0 Å². The van der Waals surface area contributed by atoms with E-state index in [2.05, 4.69) is 32.1 Å². The van der Waals surface area contributed by atoms with Gasteiger partial charge in [0.05, 0.1) is 5.69 Å². The number of aliphatic imine (C=N–C) groups is 1. The molecule has 1 N–H and O–H groups in total. The Labute approximate surface area is 255 Å². The number of hydrogen-bond donors (Lipinski definition) is 1. The van der Waals surface area contributed by atoms with Crippen LogP contribution in [-0.2, 0) is 20.1 Å². The SMILES string of the molecule is Cc1cc(O)cc(C)c1N=Cc1ccc[n-]1.[Ir].[c-]1ccccc1-c1ccccn1.[c-]1ccccc1-c1ccccn1. The van der Waals surface area contributed by atoms with Gasteiger partial charge in [-0.05, 0) is 60.6 Å². The number of benzene rings is 3. The van der Waals surface area contributed by atoms with E-state index >= 15 is 0 Å². The van der Waals surface area contributed by atoms with Crippen molar-refractivity contribution in [3.05, 3.63) is 157 Å². The predicted octanol–water partition coefficient (Wildman–Crippen LogP) is 7.81. The molecule has 0 saturated carbocycles. The van der Waals surface area contributed by atoms with Crippen LogP contribution in [0.1, 0.15) is 16.8 Å². The Kier molecular flexibility index (Phi) is 12.4. The van der Waals surface area contributed by atoms with Crippen LogP contribution in [0.4, 0.5) is 5.69 Å². The topological polar surface area (TPSA) is 72.5 Å². The molecule has 0 saturated heterocycles. The molecule has 6 heteroatoms. The Morgan fingerprint density at radius 3 is 1.66 bits per heavy atom. The number of rotatable bonds is 4. The van der Waals surface area contributed by atoms with Gasteiger partial charge in [-0.1, -0.05) is 36.4 Å². The first-order valence-corrected chi connectivity index (χ1v) is 12.8. The zero-order valence-corrected chi connectivity index (χ0v) is 25.2. The minimum atomic E-state index is 0. The van der Waals surface area contributed by atoms with Crippen LogP contribution >= 0.6 is 0 Å². The molecular formula is C35H29IrN4O-3. The third kappa shape index (κ3) is 9.80. The quantitative estimate of drug-likeness (QED) is 0.150. The van der Waals surface area contributed by atoms with Crippen molar-refractivity contribution in [2.45, 2.75) is 13.8 Å². The van der Waals surface area contributed by atoms with E-state index in [-0.39, 0.29) is 25.9 Å². The molecule has 3 aromatic carbocycles. The molecule has 6 rings (SSSR count). The maximum atomic E-state index is 9.41. The molecule has 207 valence electrons. The fraction of sp³-hybridized carbons (Fsp3) is 0.0571. The van der Waals surface area contributed by atoms with Gasteiger partial charge in [-0.2, -0.15) is 6.20 Å². The van der Waals surface area contributed by atoms with Gasteiger partial charge >= 0.3 is 0 Å². The van der Waals surface area contributed by atoms with E-state index in [1.165, 1.54) is 0 Å². The van der Waals surface area contributed by atoms with Crippen molar-refractivity contribution in [2.24, 2.45) is 4.99 Å². The molecule has 1 radical (unpaired) electrons. The number of pyridine rings is 2. The number of nitrogens with zero attached hydrogens (tertiary/aromatic N) is 4. The Morgan fingerprint density at radius 1 is 0.707 bits per heavy atom. The van der Waals surface area contributed by atoms with E-state index < -0.39 is 0 Å². The van der Waals surface area contributed by atoms with Gasteiger partial charge in [0.15, 0.2) is 0 Å². The fourth-order valence-electron chi connectivity index (χ4n) is 3.81. The number of aromatic hydroxyl groups is 1. The van der Waals surface area contributed by atoms with Crippen LogP contribution in [0.25, 0.3) is 22.5 Å². The minimum Gasteiger partial charge on any atom is -0.663 e. The Hall–Kier alpha value is -4.64. The normalized spacial score (nSPS) is 10.0. The molecule has 3 aromatic heterocycles. The van der Waals surface area contributed by atoms with Crippen LogP contribution in [0.2, 0.25) is 0 Å². The minimum absolute atomic E-state index is 0. The summed E-state index contributed by atoms with van der Waals surface area (Å²) in [5.74, 6) is 0.278. The molecule has 3 heterocycles. The number of hydrogen-bond acceptors (Lipinski definition) is 4. The van der Waals surface area contributed by atoms with Crippen molar-refractivity contribution >= 4 is 11.9 Å². The van der Waals surface area contributed by atoms with Gasteiger partial charge in [-0.3, -0.25) is 4.99 Å². The van der Waals surface area contributed by atoms with Gasteiger partial charge < -0.3 is 20.1 Å². The van der Waals surface area contributed by atoms with Crippen LogP contribution in [0.15, 0.2) is 133 Å². The van der Waals surface area contributed by atoms with E-state index in [0.29, 0.717) is 0 Å². The smallest absolute Gasteiger partial charge is 0.116 e. The van der Waals surface area contributed by atoms with Crippen LogP contribution in [0.5, 0.6) is 5.75 Å².